The topological polar surface area (TPSA) is 25.1 Å². The maximum absolute atomic E-state index is 11.4. The minimum absolute atomic E-state index is 0.812. The second-order valence-electron chi connectivity index (χ2n) is 1.61. The van der Waals surface area contributed by atoms with E-state index in [1.165, 1.54) is 0 Å². The fourth-order valence-corrected chi connectivity index (χ4v) is 0.157. The Morgan fingerprint density at radius 1 is 1.25 bits per heavy atom. The lowest BCUT2D eigenvalue weighted by molar-refractivity contribution is -0.185. The van der Waals surface area contributed by atoms with Gasteiger partial charge in [-0.3, -0.25) is 0 Å². The lowest BCUT2D eigenvalue weighted by atomic mass is 10.3. The second kappa shape index (κ2) is 1.16. The standard InChI is InChI=1S/C3H3F3O2/c1-2(7-8-2)3(4,5)6/h1H3. The Labute approximate surface area is 43.1 Å². The first kappa shape index (κ1) is 5.84. The Bertz CT molecular complexity index is 100. The van der Waals surface area contributed by atoms with Crippen molar-refractivity contribution in [3.05, 3.63) is 0 Å². The lowest BCUT2D eigenvalue weighted by Crippen LogP contribution is -2.28. The van der Waals surface area contributed by atoms with E-state index in [-0.39, 0.29) is 0 Å². The van der Waals surface area contributed by atoms with Crippen LogP contribution in [-0.2, 0) is 9.78 Å². The minimum Gasteiger partial charge on any atom is -0.185 e. The molecule has 0 aliphatic carbocycles. The predicted octanol–water partition coefficient (Wildman–Crippen LogP) is 1.23. The van der Waals surface area contributed by atoms with Gasteiger partial charge in [0.15, 0.2) is 0 Å². The summed E-state index contributed by atoms with van der Waals surface area (Å²) in [6.07, 6.45) is -4.40. The quantitative estimate of drug-likeness (QED) is 0.362. The average molecular weight is 128 g/mol. The zero-order chi connectivity index (χ0) is 6.41. The van der Waals surface area contributed by atoms with Gasteiger partial charge < -0.3 is 0 Å². The molecule has 1 rings (SSSR count). The lowest BCUT2D eigenvalue weighted by Gasteiger charge is -2.03. The molecule has 2 nitrogen and oxygen atoms in total. The zero-order valence-electron chi connectivity index (χ0n) is 3.95. The van der Waals surface area contributed by atoms with Crippen molar-refractivity contribution in [3.8, 4) is 0 Å². The molecule has 0 radical (unpaired) electrons. The summed E-state index contributed by atoms with van der Waals surface area (Å²) >= 11 is 0. The van der Waals surface area contributed by atoms with Crippen molar-refractivity contribution in [2.24, 2.45) is 0 Å². The first-order valence-corrected chi connectivity index (χ1v) is 1.89. The molecule has 8 heavy (non-hydrogen) atoms. The normalized spacial score (nSPS) is 25.5. The van der Waals surface area contributed by atoms with Crippen LogP contribution in [0.1, 0.15) is 6.92 Å². The van der Waals surface area contributed by atoms with E-state index in [4.69, 9.17) is 0 Å². The summed E-state index contributed by atoms with van der Waals surface area (Å²) in [5.41, 5.74) is 0. The van der Waals surface area contributed by atoms with E-state index in [9.17, 15) is 13.2 Å². The van der Waals surface area contributed by atoms with Crippen LogP contribution in [0.2, 0.25) is 0 Å². The summed E-state index contributed by atoms with van der Waals surface area (Å²) in [6, 6.07) is 0. The Kier molecular flexibility index (Phi) is 0.850. The number of hydrogen-bond donors (Lipinski definition) is 0. The molecule has 0 saturated carbocycles. The summed E-state index contributed by atoms with van der Waals surface area (Å²) in [5, 5.41) is 0. The van der Waals surface area contributed by atoms with E-state index in [0.29, 0.717) is 0 Å². The third-order valence-electron chi connectivity index (χ3n) is 0.848. The van der Waals surface area contributed by atoms with Gasteiger partial charge in [0.2, 0.25) is 0 Å². The monoisotopic (exact) mass is 128 g/mol. The smallest absolute Gasteiger partial charge is 0.185 e. The van der Waals surface area contributed by atoms with Crippen LogP contribution in [0.25, 0.3) is 0 Å². The van der Waals surface area contributed by atoms with Gasteiger partial charge in [-0.25, -0.2) is 0 Å². The summed E-state index contributed by atoms with van der Waals surface area (Å²) < 4.78 is 34.1. The van der Waals surface area contributed by atoms with Crippen LogP contribution in [0.15, 0.2) is 0 Å². The minimum atomic E-state index is -4.40. The Balaban J connectivity index is 2.58. The molecule has 0 spiro atoms. The van der Waals surface area contributed by atoms with Crippen LogP contribution in [0.4, 0.5) is 13.2 Å². The Morgan fingerprint density at radius 3 is 1.62 bits per heavy atom. The molecule has 1 aliphatic heterocycles. The number of halogens is 3. The molecule has 1 aliphatic rings. The molecular weight excluding hydrogens is 125 g/mol. The van der Waals surface area contributed by atoms with Gasteiger partial charge in [0.25, 0.3) is 0 Å². The number of rotatable bonds is 0. The maximum atomic E-state index is 11.4. The van der Waals surface area contributed by atoms with E-state index in [2.05, 4.69) is 9.78 Å². The molecule has 0 amide bonds. The van der Waals surface area contributed by atoms with Gasteiger partial charge in [0, 0.05) is 6.92 Å². The van der Waals surface area contributed by atoms with E-state index >= 15 is 0 Å². The maximum Gasteiger partial charge on any atom is 0.448 e. The zero-order valence-corrected chi connectivity index (χ0v) is 3.95. The van der Waals surface area contributed by atoms with Gasteiger partial charge >= 0.3 is 12.0 Å². The van der Waals surface area contributed by atoms with Crippen LogP contribution in [0, 0.1) is 0 Å². The molecule has 1 saturated heterocycles. The molecule has 0 aromatic heterocycles. The van der Waals surface area contributed by atoms with Crippen molar-refractivity contribution < 1.29 is 22.9 Å². The SMILES string of the molecule is CC1(C(F)(F)F)OO1. The molecule has 1 fully saturated rings. The highest BCUT2D eigenvalue weighted by molar-refractivity contribution is 4.76. The molecule has 0 aromatic carbocycles. The van der Waals surface area contributed by atoms with Crippen molar-refractivity contribution in [3.63, 3.8) is 0 Å². The third-order valence-corrected chi connectivity index (χ3v) is 0.848. The number of hydrogen-bond acceptors (Lipinski definition) is 2. The van der Waals surface area contributed by atoms with Crippen LogP contribution < -0.4 is 0 Å². The molecule has 5 heteroatoms. The molecule has 48 valence electrons. The fraction of sp³-hybridized carbons (Fsp3) is 1.00. The highest BCUT2D eigenvalue weighted by Gasteiger charge is 2.66. The van der Waals surface area contributed by atoms with Crippen molar-refractivity contribution in [2.75, 3.05) is 0 Å². The van der Waals surface area contributed by atoms with Gasteiger partial charge in [-0.15, -0.1) is 0 Å². The van der Waals surface area contributed by atoms with Crippen LogP contribution in [0.5, 0.6) is 0 Å². The Morgan fingerprint density at radius 2 is 1.62 bits per heavy atom. The first-order valence-electron chi connectivity index (χ1n) is 1.89. The van der Waals surface area contributed by atoms with Gasteiger partial charge in [-0.1, -0.05) is 0 Å². The van der Waals surface area contributed by atoms with Gasteiger partial charge in [0.1, 0.15) is 0 Å². The molecule has 0 atom stereocenters. The summed E-state index contributed by atoms with van der Waals surface area (Å²) in [7, 11) is 0. The molecule has 0 unspecified atom stereocenters. The van der Waals surface area contributed by atoms with Crippen molar-refractivity contribution in [2.45, 2.75) is 18.9 Å². The van der Waals surface area contributed by atoms with E-state index < -0.39 is 12.0 Å². The van der Waals surface area contributed by atoms with Crippen molar-refractivity contribution in [1.82, 2.24) is 0 Å². The van der Waals surface area contributed by atoms with Gasteiger partial charge in [0.05, 0.1) is 0 Å². The van der Waals surface area contributed by atoms with Crippen LogP contribution >= 0.6 is 0 Å². The second-order valence-corrected chi connectivity index (χ2v) is 1.61. The average Bonchev–Trinajstić information content (AvgIpc) is 2.16. The predicted molar refractivity (Wildman–Crippen MR) is 16.6 cm³/mol. The molecule has 0 N–H and O–H groups in total. The van der Waals surface area contributed by atoms with Gasteiger partial charge in [-0.2, -0.15) is 22.9 Å². The van der Waals surface area contributed by atoms with Crippen LogP contribution in [-0.4, -0.2) is 12.0 Å². The molecule has 1 heterocycles. The largest absolute Gasteiger partial charge is 0.448 e. The first-order chi connectivity index (χ1) is 3.46. The highest BCUT2D eigenvalue weighted by Crippen LogP contribution is 2.44. The van der Waals surface area contributed by atoms with E-state index in [0.717, 1.165) is 6.92 Å². The fourth-order valence-electron chi connectivity index (χ4n) is 0.157. The van der Waals surface area contributed by atoms with Crippen molar-refractivity contribution in [1.29, 1.82) is 0 Å². The molecular formula is C3H3F3O2. The Hall–Kier alpha value is -0.290. The van der Waals surface area contributed by atoms with Crippen molar-refractivity contribution >= 4 is 0 Å². The summed E-state index contributed by atoms with van der Waals surface area (Å²) in [6.45, 7) is 0.812. The number of alkyl halides is 3. The van der Waals surface area contributed by atoms with E-state index in [1.54, 1.807) is 0 Å². The van der Waals surface area contributed by atoms with E-state index in [1.807, 2.05) is 0 Å². The summed E-state index contributed by atoms with van der Waals surface area (Å²) in [5.74, 6) is -2.31. The molecule has 0 aromatic rings. The van der Waals surface area contributed by atoms with Crippen LogP contribution in [0.3, 0.4) is 0 Å². The highest BCUT2D eigenvalue weighted by atomic mass is 19.4. The van der Waals surface area contributed by atoms with Gasteiger partial charge in [-0.05, 0) is 0 Å². The molecule has 0 bridgehead atoms. The summed E-state index contributed by atoms with van der Waals surface area (Å²) in [4.78, 5) is 7.27. The third kappa shape index (κ3) is 0.674.